The molecule has 2 rings (SSSR count). The van der Waals surface area contributed by atoms with Crippen molar-refractivity contribution >= 4 is 32.2 Å². The van der Waals surface area contributed by atoms with Crippen LogP contribution in [0, 0.1) is 0 Å². The lowest BCUT2D eigenvalue weighted by Gasteiger charge is -2.05. The van der Waals surface area contributed by atoms with E-state index in [0.29, 0.717) is 24.7 Å². The molecule has 3 N–H and O–H groups in total. The van der Waals surface area contributed by atoms with Crippen LogP contribution < -0.4 is 11.1 Å². The molecule has 5 nitrogen and oxygen atoms in total. The first kappa shape index (κ1) is 12.6. The van der Waals surface area contributed by atoms with Gasteiger partial charge in [0.25, 0.3) is 0 Å². The van der Waals surface area contributed by atoms with E-state index in [1.165, 1.54) is 30.6 Å². The van der Waals surface area contributed by atoms with Gasteiger partial charge in [-0.15, -0.1) is 0 Å². The summed E-state index contributed by atoms with van der Waals surface area (Å²) in [6.07, 6.45) is 4.23. The number of hydrogen-bond donors (Lipinski definition) is 2. The van der Waals surface area contributed by atoms with Crippen molar-refractivity contribution < 1.29 is 8.42 Å². The van der Waals surface area contributed by atoms with Gasteiger partial charge in [0.1, 0.15) is 20.7 Å². The molecule has 96 valence electrons. The third-order valence-corrected chi connectivity index (χ3v) is 4.58. The minimum absolute atomic E-state index is 0.215. The van der Waals surface area contributed by atoms with Gasteiger partial charge >= 0.3 is 0 Å². The maximum Gasteiger partial charge on any atom is 0.147 e. The predicted molar refractivity (Wildman–Crippen MR) is 71.3 cm³/mol. The fourth-order valence-electron chi connectivity index (χ4n) is 1.74. The van der Waals surface area contributed by atoms with E-state index in [9.17, 15) is 8.42 Å². The quantitative estimate of drug-likeness (QED) is 0.768. The highest BCUT2D eigenvalue weighted by Crippen LogP contribution is 2.47. The number of nitrogens with one attached hydrogen (secondary N) is 1. The molecule has 0 radical (unpaired) electrons. The molecule has 0 aromatic carbocycles. The first-order valence-corrected chi connectivity index (χ1v) is 8.47. The van der Waals surface area contributed by atoms with Gasteiger partial charge in [0.15, 0.2) is 0 Å². The van der Waals surface area contributed by atoms with Crippen LogP contribution in [0.1, 0.15) is 30.7 Å². The fourth-order valence-corrected chi connectivity index (χ4v) is 3.23. The maximum absolute atomic E-state index is 11.0. The van der Waals surface area contributed by atoms with Gasteiger partial charge in [0, 0.05) is 18.4 Å². The highest BCUT2D eigenvalue weighted by Gasteiger charge is 2.30. The zero-order valence-electron chi connectivity index (χ0n) is 9.77. The molecule has 1 aliphatic carbocycles. The lowest BCUT2D eigenvalue weighted by Crippen LogP contribution is -2.09. The molecule has 1 aromatic heterocycles. The number of nitrogens with two attached hydrogens (primary N) is 1. The van der Waals surface area contributed by atoms with Crippen LogP contribution in [0.15, 0.2) is 0 Å². The van der Waals surface area contributed by atoms with Crippen molar-refractivity contribution in [3.63, 3.8) is 0 Å². The van der Waals surface area contributed by atoms with E-state index in [0.717, 1.165) is 10.6 Å². The van der Waals surface area contributed by atoms with E-state index < -0.39 is 9.84 Å². The molecular formula is C10H17N3O2S2. The smallest absolute Gasteiger partial charge is 0.147 e. The molecule has 0 spiro atoms. The Kier molecular flexibility index (Phi) is 3.58. The summed E-state index contributed by atoms with van der Waals surface area (Å²) in [7, 11) is -2.86. The zero-order chi connectivity index (χ0) is 12.5. The number of aromatic nitrogens is 1. The van der Waals surface area contributed by atoms with Crippen LogP contribution in [0.2, 0.25) is 0 Å². The van der Waals surface area contributed by atoms with Gasteiger partial charge < -0.3 is 11.1 Å². The summed E-state index contributed by atoms with van der Waals surface area (Å²) in [4.78, 5) is 0. The van der Waals surface area contributed by atoms with Crippen molar-refractivity contribution in [2.24, 2.45) is 0 Å². The molecule has 1 aromatic rings. The maximum atomic E-state index is 11.0. The topological polar surface area (TPSA) is 85.1 Å². The number of rotatable bonds is 6. The molecule has 1 aliphatic rings. The van der Waals surface area contributed by atoms with Gasteiger partial charge in [0.05, 0.1) is 5.75 Å². The van der Waals surface area contributed by atoms with E-state index in [4.69, 9.17) is 5.73 Å². The molecule has 1 heterocycles. The van der Waals surface area contributed by atoms with Gasteiger partial charge in [-0.05, 0) is 36.7 Å². The Balaban J connectivity index is 1.87. The Morgan fingerprint density at radius 3 is 2.82 bits per heavy atom. The first-order chi connectivity index (χ1) is 7.97. The van der Waals surface area contributed by atoms with Gasteiger partial charge in [0.2, 0.25) is 0 Å². The predicted octanol–water partition coefficient (Wildman–Crippen LogP) is 1.45. The second kappa shape index (κ2) is 4.81. The Bertz CT molecular complexity index is 492. The highest BCUT2D eigenvalue weighted by molar-refractivity contribution is 7.90. The van der Waals surface area contributed by atoms with Crippen LogP contribution in [-0.2, 0) is 9.84 Å². The van der Waals surface area contributed by atoms with Crippen LogP contribution in [0.5, 0.6) is 0 Å². The molecule has 17 heavy (non-hydrogen) atoms. The van der Waals surface area contributed by atoms with Crippen molar-refractivity contribution in [3.05, 3.63) is 5.56 Å². The highest BCUT2D eigenvalue weighted by atomic mass is 32.2. The summed E-state index contributed by atoms with van der Waals surface area (Å²) in [6.45, 7) is 0.647. The van der Waals surface area contributed by atoms with E-state index in [1.54, 1.807) is 0 Å². The molecule has 0 unspecified atom stereocenters. The largest absolute Gasteiger partial charge is 0.383 e. The van der Waals surface area contributed by atoms with Crippen molar-refractivity contribution in [1.82, 2.24) is 4.37 Å². The Morgan fingerprint density at radius 2 is 2.24 bits per heavy atom. The third kappa shape index (κ3) is 3.57. The molecule has 0 aliphatic heterocycles. The lowest BCUT2D eigenvalue weighted by molar-refractivity contribution is 0.600. The number of nitrogen functional groups attached to an aromatic ring is 1. The average Bonchev–Trinajstić information content (AvgIpc) is 2.98. The molecular weight excluding hydrogens is 258 g/mol. The average molecular weight is 275 g/mol. The second-order valence-corrected chi connectivity index (χ2v) is 7.53. The zero-order valence-corrected chi connectivity index (χ0v) is 11.4. The van der Waals surface area contributed by atoms with Crippen LogP contribution >= 0.6 is 11.5 Å². The van der Waals surface area contributed by atoms with E-state index in [1.807, 2.05) is 0 Å². The SMILES string of the molecule is CS(=O)(=O)CCCNc1snc(N)c1C1CC1. The van der Waals surface area contributed by atoms with Crippen LogP contribution in [-0.4, -0.2) is 31.3 Å². The number of hydrogen-bond acceptors (Lipinski definition) is 6. The summed E-state index contributed by atoms with van der Waals surface area (Å²) in [5, 5.41) is 4.25. The Hall–Kier alpha value is -0.820. The summed E-state index contributed by atoms with van der Waals surface area (Å²) >= 11 is 1.37. The molecule has 7 heteroatoms. The number of nitrogens with zero attached hydrogens (tertiary/aromatic N) is 1. The molecule has 1 saturated carbocycles. The van der Waals surface area contributed by atoms with Crippen LogP contribution in [0.25, 0.3) is 0 Å². The van der Waals surface area contributed by atoms with Crippen molar-refractivity contribution in [2.45, 2.75) is 25.2 Å². The van der Waals surface area contributed by atoms with Crippen LogP contribution in [0.4, 0.5) is 10.8 Å². The summed E-state index contributed by atoms with van der Waals surface area (Å²) < 4.78 is 26.1. The van der Waals surface area contributed by atoms with E-state index >= 15 is 0 Å². The summed E-state index contributed by atoms with van der Waals surface area (Å²) in [5.74, 6) is 1.40. The summed E-state index contributed by atoms with van der Waals surface area (Å²) in [6, 6.07) is 0. The van der Waals surface area contributed by atoms with Crippen molar-refractivity contribution in [3.8, 4) is 0 Å². The number of sulfone groups is 1. The minimum atomic E-state index is -2.86. The van der Waals surface area contributed by atoms with E-state index in [2.05, 4.69) is 9.69 Å². The molecule has 0 saturated heterocycles. The molecule has 0 amide bonds. The summed E-state index contributed by atoms with van der Waals surface area (Å²) in [5.41, 5.74) is 6.95. The fraction of sp³-hybridized carbons (Fsp3) is 0.700. The molecule has 1 fully saturated rings. The minimum Gasteiger partial charge on any atom is -0.383 e. The van der Waals surface area contributed by atoms with Gasteiger partial charge in [-0.3, -0.25) is 0 Å². The standard InChI is InChI=1S/C10H17N3O2S2/c1-17(14,15)6-2-5-12-10-8(7-3-4-7)9(11)13-16-10/h7,12H,2-6H2,1H3,(H2,11,13). The molecule has 0 bridgehead atoms. The Labute approximate surface area is 105 Å². The number of anilines is 2. The Morgan fingerprint density at radius 1 is 1.53 bits per heavy atom. The van der Waals surface area contributed by atoms with Crippen LogP contribution in [0.3, 0.4) is 0 Å². The lowest BCUT2D eigenvalue weighted by atomic mass is 10.2. The normalized spacial score (nSPS) is 16.1. The monoisotopic (exact) mass is 275 g/mol. The van der Waals surface area contributed by atoms with Gasteiger partial charge in [-0.1, -0.05) is 0 Å². The molecule has 0 atom stereocenters. The second-order valence-electron chi connectivity index (χ2n) is 4.50. The van der Waals surface area contributed by atoms with Crippen molar-refractivity contribution in [2.75, 3.05) is 29.6 Å². The third-order valence-electron chi connectivity index (χ3n) is 2.72. The van der Waals surface area contributed by atoms with Gasteiger partial charge in [-0.2, -0.15) is 4.37 Å². The first-order valence-electron chi connectivity index (χ1n) is 5.64. The van der Waals surface area contributed by atoms with Crippen molar-refractivity contribution in [1.29, 1.82) is 0 Å². The van der Waals surface area contributed by atoms with E-state index in [-0.39, 0.29) is 5.75 Å². The van der Waals surface area contributed by atoms with Gasteiger partial charge in [-0.25, -0.2) is 8.42 Å².